The number of nitrogens with zero attached hydrogens (tertiary/aromatic N) is 1. The predicted molar refractivity (Wildman–Crippen MR) is 82.0 cm³/mol. The van der Waals surface area contributed by atoms with Crippen LogP contribution in [0.3, 0.4) is 0 Å². The Morgan fingerprint density at radius 1 is 1.40 bits per heavy atom. The number of nitrogens with one attached hydrogen (secondary N) is 1. The van der Waals surface area contributed by atoms with Crippen molar-refractivity contribution >= 4 is 23.4 Å². The predicted octanol–water partition coefficient (Wildman–Crippen LogP) is 2.38. The van der Waals surface area contributed by atoms with E-state index in [9.17, 15) is 15.0 Å². The molecule has 0 aliphatic heterocycles. The fourth-order valence-corrected chi connectivity index (χ4v) is 2.03. The summed E-state index contributed by atoms with van der Waals surface area (Å²) in [7, 11) is 1.70. The van der Waals surface area contributed by atoms with Crippen molar-refractivity contribution in [1.82, 2.24) is 10.4 Å². The van der Waals surface area contributed by atoms with E-state index >= 15 is 0 Å². The highest BCUT2D eigenvalue weighted by molar-refractivity contribution is 8.01. The third-order valence-electron chi connectivity index (χ3n) is 2.65. The van der Waals surface area contributed by atoms with Gasteiger partial charge in [0, 0.05) is 24.6 Å². The summed E-state index contributed by atoms with van der Waals surface area (Å²) in [5.41, 5.74) is 3.92. The van der Waals surface area contributed by atoms with E-state index in [1.54, 1.807) is 32.0 Å². The van der Waals surface area contributed by atoms with Gasteiger partial charge in [0.25, 0.3) is 0 Å². The normalized spacial score (nSPS) is 11.6. The van der Waals surface area contributed by atoms with Crippen molar-refractivity contribution in [2.75, 3.05) is 13.3 Å². The quantitative estimate of drug-likeness (QED) is 0.728. The van der Waals surface area contributed by atoms with E-state index < -0.39 is 0 Å². The lowest BCUT2D eigenvalue weighted by molar-refractivity contribution is -0.127. The summed E-state index contributed by atoms with van der Waals surface area (Å²) in [6.07, 6.45) is 1.88. The van der Waals surface area contributed by atoms with E-state index in [-0.39, 0.29) is 23.3 Å². The molecule has 0 aliphatic rings. The zero-order chi connectivity index (χ0) is 15.3. The van der Waals surface area contributed by atoms with E-state index in [0.717, 1.165) is 0 Å². The fourth-order valence-electron chi connectivity index (χ4n) is 1.53. The molecule has 0 fully saturated rings. The molecule has 0 unspecified atom stereocenters. The van der Waals surface area contributed by atoms with Crippen LogP contribution in [0.4, 0.5) is 0 Å². The van der Waals surface area contributed by atoms with Gasteiger partial charge in [-0.15, -0.1) is 11.8 Å². The van der Waals surface area contributed by atoms with Crippen molar-refractivity contribution in [3.63, 3.8) is 0 Å². The smallest absolute Gasteiger partial charge is 0.241 e. The minimum absolute atomic E-state index is 0.0105. The Morgan fingerprint density at radius 2 is 2.05 bits per heavy atom. The molecule has 1 aromatic carbocycles. The van der Waals surface area contributed by atoms with Gasteiger partial charge in [0.2, 0.25) is 5.91 Å². The van der Waals surface area contributed by atoms with Gasteiger partial charge >= 0.3 is 0 Å². The van der Waals surface area contributed by atoms with E-state index in [2.05, 4.69) is 5.43 Å². The maximum absolute atomic E-state index is 11.7. The lowest BCUT2D eigenvalue weighted by Crippen LogP contribution is -2.40. The number of aromatic hydroxyl groups is 2. The summed E-state index contributed by atoms with van der Waals surface area (Å²) >= 11 is 1.45. The van der Waals surface area contributed by atoms with Crippen molar-refractivity contribution in [3.8, 4) is 11.5 Å². The monoisotopic (exact) mass is 296 g/mol. The first-order chi connectivity index (χ1) is 9.36. The highest BCUT2D eigenvalue weighted by atomic mass is 32.2. The zero-order valence-corrected chi connectivity index (χ0v) is 12.9. The average molecular weight is 296 g/mol. The number of phenols is 2. The number of phenolic OH excluding ortho intramolecular Hbond substituents is 2. The highest BCUT2D eigenvalue weighted by Crippen LogP contribution is 2.30. The molecule has 0 atom stereocenters. The molecule has 110 valence electrons. The Bertz CT molecular complexity index is 515. The Kier molecular flexibility index (Phi) is 5.76. The van der Waals surface area contributed by atoms with E-state index in [1.165, 1.54) is 23.9 Å². The maximum Gasteiger partial charge on any atom is 0.241 e. The Labute approximate surface area is 123 Å². The van der Waals surface area contributed by atoms with Crippen LogP contribution in [-0.2, 0) is 4.79 Å². The highest BCUT2D eigenvalue weighted by Gasteiger charge is 2.15. The molecule has 0 spiro atoms. The number of thioether (sulfide) groups is 1. The topological polar surface area (TPSA) is 72.8 Å². The van der Waals surface area contributed by atoms with Gasteiger partial charge in [0.05, 0.1) is 5.70 Å². The summed E-state index contributed by atoms with van der Waals surface area (Å²) in [4.78, 5) is 11.7. The molecule has 0 bridgehead atoms. The molecule has 20 heavy (non-hydrogen) atoms. The second-order valence-electron chi connectivity index (χ2n) is 4.63. The van der Waals surface area contributed by atoms with Gasteiger partial charge < -0.3 is 10.2 Å². The number of carbonyl (C=O) groups excluding carboxylic acids is 1. The molecule has 5 nitrogen and oxygen atoms in total. The first kappa shape index (κ1) is 16.2. The number of hydrogen-bond donors (Lipinski definition) is 3. The fraction of sp³-hybridized carbons (Fsp3) is 0.357. The molecule has 0 saturated carbocycles. The third kappa shape index (κ3) is 4.09. The lowest BCUT2D eigenvalue weighted by atomic mass is 10.1. The third-order valence-corrected chi connectivity index (χ3v) is 3.11. The van der Waals surface area contributed by atoms with E-state index in [4.69, 9.17) is 0 Å². The molecular weight excluding hydrogens is 276 g/mol. The number of benzene rings is 1. The molecule has 1 aromatic rings. The van der Waals surface area contributed by atoms with Gasteiger partial charge in [0.1, 0.15) is 11.5 Å². The number of hydrazine groups is 1. The van der Waals surface area contributed by atoms with Gasteiger partial charge in [0.15, 0.2) is 0 Å². The number of carbonyl (C=O) groups is 1. The summed E-state index contributed by atoms with van der Waals surface area (Å²) in [6.45, 7) is 3.61. The molecule has 6 heteroatoms. The number of amides is 1. The van der Waals surface area contributed by atoms with Crippen LogP contribution in [0.5, 0.6) is 11.5 Å². The van der Waals surface area contributed by atoms with Crippen molar-refractivity contribution in [2.45, 2.75) is 13.8 Å². The van der Waals surface area contributed by atoms with Crippen LogP contribution in [0.1, 0.15) is 19.4 Å². The molecule has 0 radical (unpaired) electrons. The van der Waals surface area contributed by atoms with Crippen LogP contribution < -0.4 is 5.43 Å². The van der Waals surface area contributed by atoms with Crippen LogP contribution in [0, 0.1) is 5.92 Å². The minimum Gasteiger partial charge on any atom is -0.508 e. The Hall–Kier alpha value is -1.82. The Balaban J connectivity index is 3.06. The maximum atomic E-state index is 11.7. The first-order valence-electron chi connectivity index (χ1n) is 6.16. The molecule has 1 amide bonds. The molecule has 0 heterocycles. The van der Waals surface area contributed by atoms with Crippen LogP contribution >= 0.6 is 11.8 Å². The van der Waals surface area contributed by atoms with Crippen LogP contribution in [0.2, 0.25) is 0 Å². The van der Waals surface area contributed by atoms with Crippen LogP contribution in [0.15, 0.2) is 23.6 Å². The van der Waals surface area contributed by atoms with Gasteiger partial charge in [-0.25, -0.2) is 0 Å². The summed E-state index contributed by atoms with van der Waals surface area (Å²) < 4.78 is 0. The van der Waals surface area contributed by atoms with Crippen molar-refractivity contribution in [2.24, 2.45) is 5.92 Å². The summed E-state index contributed by atoms with van der Waals surface area (Å²) in [5.74, 6) is -0.307. The second-order valence-corrected chi connectivity index (χ2v) is 5.34. The largest absolute Gasteiger partial charge is 0.508 e. The molecule has 3 N–H and O–H groups in total. The first-order valence-corrected chi connectivity index (χ1v) is 7.45. The summed E-state index contributed by atoms with van der Waals surface area (Å²) in [5, 5.41) is 22.6. The minimum atomic E-state index is -0.138. The van der Waals surface area contributed by atoms with Gasteiger partial charge in [-0.2, -0.15) is 0 Å². The van der Waals surface area contributed by atoms with Crippen molar-refractivity contribution in [1.29, 1.82) is 0 Å². The summed E-state index contributed by atoms with van der Waals surface area (Å²) in [6, 6.07) is 4.35. The van der Waals surface area contributed by atoms with E-state index in [1.807, 2.05) is 11.7 Å². The molecule has 0 aliphatic carbocycles. The van der Waals surface area contributed by atoms with Crippen LogP contribution in [0.25, 0.3) is 5.70 Å². The van der Waals surface area contributed by atoms with Gasteiger partial charge in [-0.05, 0) is 23.8 Å². The average Bonchev–Trinajstić information content (AvgIpc) is 2.36. The standard InChI is InChI=1S/C14H20N2O3S/c1-9(2)14(19)15-16(3)12(8-20-4)11-6-5-10(17)7-13(11)18/h5-9,17-18H,1-4H3,(H,15,19)/b12-8-. The van der Waals surface area contributed by atoms with Gasteiger partial charge in [-0.3, -0.25) is 15.2 Å². The second kappa shape index (κ2) is 7.09. The molecule has 1 rings (SSSR count). The molecular formula is C14H20N2O3S. The zero-order valence-electron chi connectivity index (χ0n) is 12.0. The van der Waals surface area contributed by atoms with Crippen molar-refractivity contribution in [3.05, 3.63) is 29.2 Å². The SMILES string of the molecule is CS/C=C(/c1ccc(O)cc1O)N(C)NC(=O)C(C)C. The molecule has 0 saturated heterocycles. The lowest BCUT2D eigenvalue weighted by Gasteiger charge is -2.25. The number of rotatable bonds is 5. The van der Waals surface area contributed by atoms with E-state index in [0.29, 0.717) is 11.3 Å². The van der Waals surface area contributed by atoms with Crippen LogP contribution in [-0.4, -0.2) is 34.4 Å². The van der Waals surface area contributed by atoms with Crippen molar-refractivity contribution < 1.29 is 15.0 Å². The Morgan fingerprint density at radius 3 is 2.55 bits per heavy atom. The number of hydrogen-bond acceptors (Lipinski definition) is 5. The molecule has 0 aromatic heterocycles. The van der Waals surface area contributed by atoms with Gasteiger partial charge in [-0.1, -0.05) is 13.8 Å².